The Balaban J connectivity index is 2.64. The largest absolute Gasteiger partial charge is 0.461 e. The maximum Gasteiger partial charge on any atom is 0.359 e. The van der Waals surface area contributed by atoms with Gasteiger partial charge in [0.15, 0.2) is 11.3 Å². The zero-order valence-electron chi connectivity index (χ0n) is 9.20. The van der Waals surface area contributed by atoms with Crippen molar-refractivity contribution in [3.05, 3.63) is 26.8 Å². The van der Waals surface area contributed by atoms with Crippen LogP contribution < -0.4 is 0 Å². The summed E-state index contributed by atoms with van der Waals surface area (Å²) in [6.45, 7) is 3.93. The van der Waals surface area contributed by atoms with Gasteiger partial charge in [-0.25, -0.2) is 14.8 Å². The van der Waals surface area contributed by atoms with Crippen molar-refractivity contribution in [3.63, 3.8) is 0 Å². The predicted octanol–water partition coefficient (Wildman–Crippen LogP) is 2.74. The van der Waals surface area contributed by atoms with E-state index in [0.29, 0.717) is 21.5 Å². The molecule has 2 aromatic heterocycles. The molecule has 0 radical (unpaired) electrons. The summed E-state index contributed by atoms with van der Waals surface area (Å²) < 4.78 is 7.83. The number of aryl methyl sites for hydroxylation is 1. The fourth-order valence-corrected chi connectivity index (χ4v) is 2.51. The smallest absolute Gasteiger partial charge is 0.359 e. The number of fused-ring (bicyclic) bond motifs is 1. The molecule has 0 bridgehead atoms. The summed E-state index contributed by atoms with van der Waals surface area (Å²) in [7, 11) is 0. The normalized spacial score (nSPS) is 10.8. The first-order valence-corrected chi connectivity index (χ1v) is 6.51. The maximum absolute atomic E-state index is 11.7. The molecule has 2 rings (SSSR count). The maximum atomic E-state index is 11.7. The van der Waals surface area contributed by atoms with E-state index >= 15 is 0 Å². The molecule has 90 valence electrons. The molecular weight excluding hydrogens is 354 g/mol. The van der Waals surface area contributed by atoms with Crippen molar-refractivity contribution >= 4 is 43.5 Å². The van der Waals surface area contributed by atoms with Gasteiger partial charge in [-0.2, -0.15) is 0 Å². The van der Waals surface area contributed by atoms with Gasteiger partial charge in [0, 0.05) is 6.20 Å². The number of carbonyl (C=O) groups excluding carboxylic acids is 1. The van der Waals surface area contributed by atoms with Gasteiger partial charge in [-0.15, -0.1) is 0 Å². The average molecular weight is 363 g/mol. The molecule has 0 aliphatic heterocycles. The molecule has 5 nitrogen and oxygen atoms in total. The molecule has 0 amide bonds. The Kier molecular flexibility index (Phi) is 3.48. The van der Waals surface area contributed by atoms with E-state index in [1.165, 1.54) is 0 Å². The molecule has 0 aliphatic carbocycles. The van der Waals surface area contributed by atoms with Crippen LogP contribution in [-0.4, -0.2) is 26.9 Å². The molecule has 0 N–H and O–H groups in total. The molecule has 0 spiro atoms. The minimum absolute atomic E-state index is 0.250. The van der Waals surface area contributed by atoms with Crippen molar-refractivity contribution in [2.45, 2.75) is 13.8 Å². The molecule has 0 aromatic carbocycles. The highest BCUT2D eigenvalue weighted by molar-refractivity contribution is 9.11. The second-order valence-electron chi connectivity index (χ2n) is 3.34. The first kappa shape index (κ1) is 12.5. The number of aromatic nitrogens is 3. The lowest BCUT2D eigenvalue weighted by Gasteiger charge is -1.99. The third-order valence-electron chi connectivity index (χ3n) is 2.10. The van der Waals surface area contributed by atoms with Crippen molar-refractivity contribution in [2.24, 2.45) is 0 Å². The van der Waals surface area contributed by atoms with Crippen LogP contribution in [0.1, 0.15) is 23.1 Å². The highest BCUT2D eigenvalue weighted by Gasteiger charge is 2.20. The minimum Gasteiger partial charge on any atom is -0.461 e. The number of esters is 1. The summed E-state index contributed by atoms with van der Waals surface area (Å²) in [5.74, 6) is -0.451. The average Bonchev–Trinajstić information content (AvgIpc) is 2.57. The van der Waals surface area contributed by atoms with Crippen molar-refractivity contribution in [3.8, 4) is 0 Å². The molecule has 0 aliphatic rings. The van der Waals surface area contributed by atoms with Gasteiger partial charge in [0.1, 0.15) is 9.21 Å². The second kappa shape index (κ2) is 4.73. The predicted molar refractivity (Wildman–Crippen MR) is 69.1 cm³/mol. The molecule has 0 saturated carbocycles. The summed E-state index contributed by atoms with van der Waals surface area (Å²) in [5, 5.41) is 0. The van der Waals surface area contributed by atoms with E-state index in [0.717, 1.165) is 5.69 Å². The zero-order valence-corrected chi connectivity index (χ0v) is 12.4. The Morgan fingerprint density at radius 1 is 1.47 bits per heavy atom. The van der Waals surface area contributed by atoms with E-state index in [1.54, 1.807) is 17.5 Å². The van der Waals surface area contributed by atoms with Crippen molar-refractivity contribution in [2.75, 3.05) is 6.61 Å². The molecule has 2 heterocycles. The summed E-state index contributed by atoms with van der Waals surface area (Å²) in [6, 6.07) is 0. The van der Waals surface area contributed by atoms with E-state index in [1.807, 2.05) is 6.92 Å². The van der Waals surface area contributed by atoms with Crippen LogP contribution in [0.5, 0.6) is 0 Å². The van der Waals surface area contributed by atoms with Crippen LogP contribution in [0.25, 0.3) is 5.65 Å². The summed E-state index contributed by atoms with van der Waals surface area (Å²) in [6.07, 6.45) is 1.79. The number of rotatable bonds is 2. The molecule has 0 fully saturated rings. The Labute approximate surface area is 114 Å². The van der Waals surface area contributed by atoms with Gasteiger partial charge >= 0.3 is 5.97 Å². The highest BCUT2D eigenvalue weighted by Crippen LogP contribution is 2.24. The summed E-state index contributed by atoms with van der Waals surface area (Å²) >= 11 is 6.66. The van der Waals surface area contributed by atoms with Crippen LogP contribution in [0.3, 0.4) is 0 Å². The fraction of sp³-hybridized carbons (Fsp3) is 0.300. The number of hydrogen-bond acceptors (Lipinski definition) is 4. The van der Waals surface area contributed by atoms with Crippen molar-refractivity contribution in [1.29, 1.82) is 0 Å². The van der Waals surface area contributed by atoms with Gasteiger partial charge in [-0.1, -0.05) is 0 Å². The van der Waals surface area contributed by atoms with Crippen molar-refractivity contribution in [1.82, 2.24) is 14.4 Å². The van der Waals surface area contributed by atoms with Gasteiger partial charge in [0.05, 0.1) is 12.3 Å². The number of imidazole rings is 1. The lowest BCUT2D eigenvalue weighted by molar-refractivity contribution is 0.0519. The molecule has 7 heteroatoms. The van der Waals surface area contributed by atoms with Gasteiger partial charge in [-0.3, -0.25) is 4.40 Å². The lowest BCUT2D eigenvalue weighted by Crippen LogP contribution is -2.05. The van der Waals surface area contributed by atoms with Gasteiger partial charge in [-0.05, 0) is 45.7 Å². The van der Waals surface area contributed by atoms with Crippen LogP contribution in [0.4, 0.5) is 0 Å². The van der Waals surface area contributed by atoms with E-state index in [4.69, 9.17) is 4.74 Å². The highest BCUT2D eigenvalue weighted by atomic mass is 79.9. The van der Waals surface area contributed by atoms with E-state index in [9.17, 15) is 4.79 Å². The molecular formula is C10H9Br2N3O2. The van der Waals surface area contributed by atoms with Gasteiger partial charge < -0.3 is 4.74 Å². The Morgan fingerprint density at radius 2 is 2.18 bits per heavy atom. The third-order valence-corrected chi connectivity index (χ3v) is 3.39. The first-order valence-electron chi connectivity index (χ1n) is 4.92. The Hall–Kier alpha value is -0.950. The van der Waals surface area contributed by atoms with Gasteiger partial charge in [0.2, 0.25) is 0 Å². The van der Waals surface area contributed by atoms with E-state index in [2.05, 4.69) is 41.8 Å². The number of nitrogens with zero attached hydrogens (tertiary/aromatic N) is 3. The molecule has 0 unspecified atom stereocenters. The minimum atomic E-state index is -0.451. The number of hydrogen-bond donors (Lipinski definition) is 0. The molecule has 17 heavy (non-hydrogen) atoms. The summed E-state index contributed by atoms with van der Waals surface area (Å²) in [4.78, 5) is 20.1. The first-order chi connectivity index (χ1) is 8.04. The Morgan fingerprint density at radius 3 is 2.82 bits per heavy atom. The quantitative estimate of drug-likeness (QED) is 0.771. The third kappa shape index (κ3) is 2.21. The molecule has 2 aromatic rings. The number of carbonyl (C=O) groups is 1. The molecule has 0 atom stereocenters. The molecule has 0 saturated heterocycles. The Bertz CT molecular complexity index is 595. The summed E-state index contributed by atoms with van der Waals surface area (Å²) in [5.41, 5.74) is 1.64. The number of halogens is 2. The zero-order chi connectivity index (χ0) is 12.6. The van der Waals surface area contributed by atoms with Crippen LogP contribution >= 0.6 is 31.9 Å². The number of ether oxygens (including phenoxy) is 1. The SMILES string of the molecule is CCOC(=O)c1nc2c(Br)nc(C)cn2c1Br. The van der Waals surface area contributed by atoms with Gasteiger partial charge in [0.25, 0.3) is 0 Å². The topological polar surface area (TPSA) is 56.5 Å². The fourth-order valence-electron chi connectivity index (χ4n) is 1.43. The van der Waals surface area contributed by atoms with Crippen molar-refractivity contribution < 1.29 is 9.53 Å². The van der Waals surface area contributed by atoms with Crippen LogP contribution in [-0.2, 0) is 4.74 Å². The van der Waals surface area contributed by atoms with Crippen LogP contribution in [0.15, 0.2) is 15.4 Å². The van der Waals surface area contributed by atoms with Crippen LogP contribution in [0.2, 0.25) is 0 Å². The van der Waals surface area contributed by atoms with E-state index < -0.39 is 5.97 Å². The van der Waals surface area contributed by atoms with Crippen LogP contribution in [0, 0.1) is 6.92 Å². The monoisotopic (exact) mass is 361 g/mol. The van der Waals surface area contributed by atoms with E-state index in [-0.39, 0.29) is 5.69 Å². The lowest BCUT2D eigenvalue weighted by atomic mass is 10.5. The standard InChI is InChI=1S/C10H9Br2N3O2/c1-3-17-10(16)6-8(12)15-4-5(2)13-7(11)9(15)14-6/h4H,3H2,1-2H3. The second-order valence-corrected chi connectivity index (χ2v) is 4.84.